The fraction of sp³-hybridized carbons (Fsp3) is 0.696. The molecule has 2 unspecified atom stereocenters. The molecule has 2 atom stereocenters. The van der Waals surface area contributed by atoms with Gasteiger partial charge in [0.15, 0.2) is 5.96 Å². The molecule has 0 aromatic heterocycles. The Bertz CT molecular complexity index is 683. The highest BCUT2D eigenvalue weighted by Gasteiger charge is 2.24. The van der Waals surface area contributed by atoms with E-state index in [1.807, 2.05) is 0 Å². The van der Waals surface area contributed by atoms with Gasteiger partial charge in [-0.1, -0.05) is 12.1 Å². The third-order valence-corrected chi connectivity index (χ3v) is 5.74. The lowest BCUT2D eigenvalue weighted by Crippen LogP contribution is -2.45. The van der Waals surface area contributed by atoms with Crippen LogP contribution in [0.5, 0.6) is 5.75 Å². The van der Waals surface area contributed by atoms with E-state index in [-0.39, 0.29) is 30.1 Å². The van der Waals surface area contributed by atoms with Crippen molar-refractivity contribution in [3.8, 4) is 5.75 Å². The zero-order valence-electron chi connectivity index (χ0n) is 19.2. The summed E-state index contributed by atoms with van der Waals surface area (Å²) in [7, 11) is 1.77. The number of methoxy groups -OCH3 is 1. The molecule has 176 valence electrons. The average molecular weight is 546 g/mol. The monoisotopic (exact) mass is 546 g/mol. The molecule has 1 aromatic carbocycles. The number of nitrogens with zero attached hydrogens (tertiary/aromatic N) is 2. The number of benzene rings is 1. The van der Waals surface area contributed by atoms with Crippen molar-refractivity contribution in [1.82, 2.24) is 15.5 Å². The van der Waals surface area contributed by atoms with Crippen LogP contribution in [0.3, 0.4) is 0 Å². The molecule has 2 fully saturated rings. The molecule has 2 aliphatic rings. The Kier molecular flexibility index (Phi) is 11.9. The molecule has 0 radical (unpaired) electrons. The van der Waals surface area contributed by atoms with Crippen molar-refractivity contribution in [1.29, 1.82) is 0 Å². The van der Waals surface area contributed by atoms with Crippen molar-refractivity contribution in [3.63, 3.8) is 0 Å². The number of likely N-dealkylation sites (tertiary alicyclic amines) is 1. The summed E-state index contributed by atoms with van der Waals surface area (Å²) < 4.78 is 16.9. The zero-order chi connectivity index (χ0) is 21.2. The maximum atomic E-state index is 6.22. The molecule has 0 aliphatic carbocycles. The minimum atomic E-state index is 0. The van der Waals surface area contributed by atoms with Gasteiger partial charge in [-0.15, -0.1) is 24.0 Å². The fourth-order valence-electron chi connectivity index (χ4n) is 4.04. The largest absolute Gasteiger partial charge is 0.488 e. The van der Waals surface area contributed by atoms with Gasteiger partial charge in [-0.25, -0.2) is 4.99 Å². The van der Waals surface area contributed by atoms with Crippen LogP contribution in [0.15, 0.2) is 23.2 Å². The maximum Gasteiger partial charge on any atom is 0.191 e. The highest BCUT2D eigenvalue weighted by molar-refractivity contribution is 14.0. The first-order chi connectivity index (χ1) is 14.7. The first kappa shape index (κ1) is 26.2. The van der Waals surface area contributed by atoms with Gasteiger partial charge >= 0.3 is 0 Å². The number of rotatable bonds is 10. The van der Waals surface area contributed by atoms with Gasteiger partial charge in [0.2, 0.25) is 0 Å². The number of nitrogens with one attached hydrogen (secondary N) is 2. The van der Waals surface area contributed by atoms with Crippen LogP contribution in [0.2, 0.25) is 0 Å². The van der Waals surface area contributed by atoms with Crippen molar-refractivity contribution in [2.45, 2.75) is 51.8 Å². The lowest BCUT2D eigenvalue weighted by Gasteiger charge is -2.25. The lowest BCUT2D eigenvalue weighted by molar-refractivity contribution is 0.140. The minimum Gasteiger partial charge on any atom is -0.488 e. The molecule has 3 rings (SSSR count). The average Bonchev–Trinajstić information content (AvgIpc) is 3.41. The highest BCUT2D eigenvalue weighted by atomic mass is 127. The molecular formula is C23H39IN4O3. The van der Waals surface area contributed by atoms with E-state index in [0.717, 1.165) is 63.1 Å². The van der Waals surface area contributed by atoms with Crippen molar-refractivity contribution in [2.24, 2.45) is 4.99 Å². The van der Waals surface area contributed by atoms with E-state index < -0.39 is 0 Å². The molecule has 0 spiro atoms. The predicted octanol–water partition coefficient (Wildman–Crippen LogP) is 2.95. The van der Waals surface area contributed by atoms with Crippen molar-refractivity contribution < 1.29 is 14.2 Å². The summed E-state index contributed by atoms with van der Waals surface area (Å²) in [4.78, 5) is 7.35. The molecule has 8 heteroatoms. The Hall–Kier alpha value is -1.10. The molecule has 1 aromatic rings. The van der Waals surface area contributed by atoms with Crippen LogP contribution >= 0.6 is 24.0 Å². The molecule has 31 heavy (non-hydrogen) atoms. The van der Waals surface area contributed by atoms with E-state index in [9.17, 15) is 0 Å². The number of hydrogen-bond acceptors (Lipinski definition) is 5. The zero-order valence-corrected chi connectivity index (χ0v) is 21.5. The van der Waals surface area contributed by atoms with Crippen LogP contribution in [0.25, 0.3) is 0 Å². The van der Waals surface area contributed by atoms with Crippen LogP contribution in [0, 0.1) is 6.92 Å². The van der Waals surface area contributed by atoms with Gasteiger partial charge in [0, 0.05) is 44.8 Å². The molecule has 7 nitrogen and oxygen atoms in total. The molecule has 2 saturated heterocycles. The third-order valence-electron chi connectivity index (χ3n) is 5.74. The SMILES string of the molecule is CCNC(=NCc1ccc(C)cc1OC1CCOC1)NCC1CCCN1CCOC.I. The Morgan fingerprint density at radius 3 is 2.90 bits per heavy atom. The van der Waals surface area contributed by atoms with E-state index in [2.05, 4.69) is 47.6 Å². The number of guanidine groups is 1. The summed E-state index contributed by atoms with van der Waals surface area (Å²) in [5.41, 5.74) is 2.30. The standard InChI is InChI=1S/C23H38N4O3.HI/c1-4-24-23(26-16-20-6-5-10-27(20)11-13-28-3)25-15-19-8-7-18(2)14-22(19)30-21-9-12-29-17-21;/h7-8,14,20-21H,4-6,9-13,15-17H2,1-3H3,(H2,24,25,26);1H. The third kappa shape index (κ3) is 8.40. The van der Waals surface area contributed by atoms with Gasteiger partial charge in [-0.2, -0.15) is 0 Å². The first-order valence-corrected chi connectivity index (χ1v) is 11.3. The van der Waals surface area contributed by atoms with Crippen LogP contribution in [0.4, 0.5) is 0 Å². The minimum absolute atomic E-state index is 0. The van der Waals surface area contributed by atoms with Crippen LogP contribution < -0.4 is 15.4 Å². The maximum absolute atomic E-state index is 6.22. The first-order valence-electron chi connectivity index (χ1n) is 11.3. The number of aryl methyl sites for hydroxylation is 1. The highest BCUT2D eigenvalue weighted by Crippen LogP contribution is 2.24. The van der Waals surface area contributed by atoms with Gasteiger partial charge in [0.25, 0.3) is 0 Å². The summed E-state index contributed by atoms with van der Waals surface area (Å²) in [5.74, 6) is 1.78. The molecule has 2 aliphatic heterocycles. The number of hydrogen-bond donors (Lipinski definition) is 2. The molecular weight excluding hydrogens is 507 g/mol. The van der Waals surface area contributed by atoms with Gasteiger partial charge in [-0.3, -0.25) is 4.90 Å². The lowest BCUT2D eigenvalue weighted by atomic mass is 10.1. The van der Waals surface area contributed by atoms with Crippen molar-refractivity contribution in [2.75, 3.05) is 53.1 Å². The van der Waals surface area contributed by atoms with E-state index in [1.54, 1.807) is 7.11 Å². The Balaban J connectivity index is 0.00000341. The molecule has 2 heterocycles. The summed E-state index contributed by atoms with van der Waals surface area (Å²) in [5, 5.41) is 6.91. The van der Waals surface area contributed by atoms with Gasteiger partial charge in [0.1, 0.15) is 11.9 Å². The molecule has 0 saturated carbocycles. The fourth-order valence-corrected chi connectivity index (χ4v) is 4.04. The quantitative estimate of drug-likeness (QED) is 0.267. The normalized spacial score (nSPS) is 21.7. The van der Waals surface area contributed by atoms with Crippen LogP contribution in [-0.2, 0) is 16.0 Å². The molecule has 0 amide bonds. The van der Waals surface area contributed by atoms with Crippen molar-refractivity contribution >= 4 is 29.9 Å². The van der Waals surface area contributed by atoms with E-state index in [4.69, 9.17) is 19.2 Å². The second-order valence-electron chi connectivity index (χ2n) is 8.12. The molecule has 2 N–H and O–H groups in total. The predicted molar refractivity (Wildman–Crippen MR) is 136 cm³/mol. The number of ether oxygens (including phenoxy) is 3. The van der Waals surface area contributed by atoms with Gasteiger partial charge < -0.3 is 24.8 Å². The topological polar surface area (TPSA) is 67.4 Å². The van der Waals surface area contributed by atoms with Gasteiger partial charge in [-0.05, 0) is 44.9 Å². The second kappa shape index (κ2) is 14.1. The van der Waals surface area contributed by atoms with E-state index in [1.165, 1.54) is 18.4 Å². The van der Waals surface area contributed by atoms with Crippen LogP contribution in [-0.4, -0.2) is 76.1 Å². The summed E-state index contributed by atoms with van der Waals surface area (Å²) in [6, 6.07) is 6.88. The Morgan fingerprint density at radius 2 is 2.16 bits per heavy atom. The summed E-state index contributed by atoms with van der Waals surface area (Å²) >= 11 is 0. The van der Waals surface area contributed by atoms with Gasteiger partial charge in [0.05, 0.1) is 26.4 Å². The Morgan fingerprint density at radius 1 is 1.29 bits per heavy atom. The summed E-state index contributed by atoms with van der Waals surface area (Å²) in [6.07, 6.45) is 3.55. The number of aliphatic imine (C=N–C) groups is 1. The second-order valence-corrected chi connectivity index (χ2v) is 8.12. The Labute approximate surface area is 204 Å². The van der Waals surface area contributed by atoms with E-state index >= 15 is 0 Å². The van der Waals surface area contributed by atoms with Crippen LogP contribution in [0.1, 0.15) is 37.3 Å². The van der Waals surface area contributed by atoms with E-state index in [0.29, 0.717) is 19.2 Å². The van der Waals surface area contributed by atoms with Crippen molar-refractivity contribution in [3.05, 3.63) is 29.3 Å². The summed E-state index contributed by atoms with van der Waals surface area (Å²) in [6.45, 7) is 10.9. The number of halogens is 1. The molecule has 0 bridgehead atoms. The smallest absolute Gasteiger partial charge is 0.191 e.